The monoisotopic (exact) mass is 488 g/mol. The van der Waals surface area contributed by atoms with Gasteiger partial charge in [0.2, 0.25) is 12.1 Å². The molecule has 10 heteroatoms. The van der Waals surface area contributed by atoms with E-state index in [1.165, 1.54) is 23.1 Å². The van der Waals surface area contributed by atoms with Gasteiger partial charge in [-0.3, -0.25) is 9.59 Å². The van der Waals surface area contributed by atoms with E-state index in [0.29, 0.717) is 26.2 Å². The topological polar surface area (TPSA) is 97.8 Å². The number of aliphatic carboxylic acids is 1. The van der Waals surface area contributed by atoms with E-state index < -0.39 is 12.3 Å². The number of ketones is 1. The van der Waals surface area contributed by atoms with Crippen LogP contribution in [0.2, 0.25) is 5.02 Å². The Bertz CT molecular complexity index is 1240. The van der Waals surface area contributed by atoms with Crippen molar-refractivity contribution >= 4 is 62.4 Å². The lowest BCUT2D eigenvalue weighted by Gasteiger charge is -2.27. The summed E-state index contributed by atoms with van der Waals surface area (Å²) in [4.78, 5) is 28.3. The van der Waals surface area contributed by atoms with Crippen molar-refractivity contribution in [1.29, 1.82) is 0 Å². The summed E-state index contributed by atoms with van der Waals surface area (Å²) >= 11 is 8.64. The molecule has 0 saturated heterocycles. The molecule has 4 rings (SSSR count). The van der Waals surface area contributed by atoms with Crippen LogP contribution in [0.4, 0.5) is 5.69 Å². The number of rotatable bonds is 8. The standard InChI is InChI=1S/C22H17ClN2O5S2/c1-2-7-29-21-15(20(28)14-8-12(23)3-6-17(14)30-21)10-24-13-4-5-16-18(9-13)32-22(25-16)31-11-19(26)27/h2-6,8-10,21,24H,1,7,11H2,(H,26,27)/b15-10-. The number of nitrogens with zero attached hydrogens (tertiary/aromatic N) is 1. The Kier molecular flexibility index (Phi) is 6.80. The van der Waals surface area contributed by atoms with E-state index in [1.54, 1.807) is 30.5 Å². The molecule has 0 amide bonds. The quantitative estimate of drug-likeness (QED) is 0.253. The second kappa shape index (κ2) is 9.74. The molecule has 0 spiro atoms. The van der Waals surface area contributed by atoms with Crippen LogP contribution in [0, 0.1) is 0 Å². The first kappa shape index (κ1) is 22.3. The summed E-state index contributed by atoms with van der Waals surface area (Å²) < 4.78 is 13.1. The average molecular weight is 489 g/mol. The number of ether oxygens (including phenoxy) is 2. The Labute approximate surface area is 196 Å². The highest BCUT2D eigenvalue weighted by Crippen LogP contribution is 2.34. The fraction of sp³-hybridized carbons (Fsp3) is 0.136. The van der Waals surface area contributed by atoms with Crippen molar-refractivity contribution in [3.8, 4) is 5.75 Å². The number of thioether (sulfide) groups is 1. The predicted octanol–water partition coefficient (Wildman–Crippen LogP) is 5.23. The lowest BCUT2D eigenvalue weighted by atomic mass is 10.00. The highest BCUT2D eigenvalue weighted by atomic mass is 35.5. The fourth-order valence-corrected chi connectivity index (χ4v) is 4.98. The minimum atomic E-state index is -0.896. The smallest absolute Gasteiger partial charge is 0.313 e. The fourth-order valence-electron chi connectivity index (χ4n) is 2.98. The van der Waals surface area contributed by atoms with Crippen molar-refractivity contribution in [1.82, 2.24) is 4.98 Å². The third-order valence-electron chi connectivity index (χ3n) is 4.38. The molecule has 0 radical (unpaired) electrons. The molecule has 1 aliphatic rings. The van der Waals surface area contributed by atoms with Gasteiger partial charge in [-0.1, -0.05) is 29.4 Å². The van der Waals surface area contributed by atoms with Crippen LogP contribution in [0.15, 0.2) is 65.2 Å². The van der Waals surface area contributed by atoms with Crippen molar-refractivity contribution in [2.75, 3.05) is 17.7 Å². The molecule has 1 atom stereocenters. The van der Waals surface area contributed by atoms with E-state index in [-0.39, 0.29) is 18.1 Å². The first-order chi connectivity index (χ1) is 15.4. The first-order valence-corrected chi connectivity index (χ1v) is 11.6. The van der Waals surface area contributed by atoms with E-state index in [4.69, 9.17) is 26.2 Å². The SMILES string of the molecule is C=CCOC1Oc2ccc(Cl)cc2C(=O)/C1=C/Nc1ccc2nc(SCC(=O)O)sc2c1. The van der Waals surface area contributed by atoms with Crippen LogP contribution < -0.4 is 10.1 Å². The molecule has 0 saturated carbocycles. The molecule has 1 aromatic heterocycles. The summed E-state index contributed by atoms with van der Waals surface area (Å²) in [7, 11) is 0. The maximum Gasteiger partial charge on any atom is 0.313 e. The van der Waals surface area contributed by atoms with Crippen molar-refractivity contribution in [3.05, 3.63) is 71.4 Å². The van der Waals surface area contributed by atoms with E-state index in [1.807, 2.05) is 18.2 Å². The summed E-state index contributed by atoms with van der Waals surface area (Å²) in [5.41, 5.74) is 2.16. The number of anilines is 1. The lowest BCUT2D eigenvalue weighted by Crippen LogP contribution is -2.33. The van der Waals surface area contributed by atoms with Gasteiger partial charge < -0.3 is 19.9 Å². The van der Waals surface area contributed by atoms with Crippen LogP contribution in [-0.4, -0.2) is 40.5 Å². The Morgan fingerprint density at radius 3 is 3.00 bits per heavy atom. The number of carboxylic acids is 1. The van der Waals surface area contributed by atoms with Gasteiger partial charge in [-0.2, -0.15) is 0 Å². The van der Waals surface area contributed by atoms with Gasteiger partial charge in [0.05, 0.1) is 33.7 Å². The molecule has 7 nitrogen and oxygen atoms in total. The number of hydrogen-bond donors (Lipinski definition) is 2. The zero-order chi connectivity index (χ0) is 22.7. The molecule has 2 aromatic carbocycles. The first-order valence-electron chi connectivity index (χ1n) is 9.40. The second-order valence-corrected chi connectivity index (χ2v) is 9.32. The maximum absolute atomic E-state index is 13.1. The predicted molar refractivity (Wildman–Crippen MR) is 126 cm³/mol. The third-order valence-corrected chi connectivity index (χ3v) is 6.77. The summed E-state index contributed by atoms with van der Waals surface area (Å²) in [6, 6.07) is 10.4. The molecule has 32 heavy (non-hydrogen) atoms. The molecule has 3 aromatic rings. The second-order valence-electron chi connectivity index (χ2n) is 6.63. The molecular formula is C22H17ClN2O5S2. The molecule has 164 valence electrons. The van der Waals surface area contributed by atoms with Gasteiger partial charge in [0.25, 0.3) is 0 Å². The third kappa shape index (κ3) is 4.97. The van der Waals surface area contributed by atoms with Gasteiger partial charge in [-0.15, -0.1) is 17.9 Å². The number of hydrogen-bond acceptors (Lipinski definition) is 8. The average Bonchev–Trinajstić information content (AvgIpc) is 3.18. The number of carbonyl (C=O) groups excluding carboxylic acids is 1. The van der Waals surface area contributed by atoms with Crippen LogP contribution >= 0.6 is 34.7 Å². The highest BCUT2D eigenvalue weighted by molar-refractivity contribution is 8.01. The molecule has 2 heterocycles. The van der Waals surface area contributed by atoms with Gasteiger partial charge in [-0.05, 0) is 36.4 Å². The van der Waals surface area contributed by atoms with Gasteiger partial charge in [0, 0.05) is 16.9 Å². The zero-order valence-corrected chi connectivity index (χ0v) is 18.9. The molecule has 0 fully saturated rings. The Balaban J connectivity index is 1.59. The van der Waals surface area contributed by atoms with Crippen LogP contribution in [0.25, 0.3) is 10.2 Å². The molecule has 1 aliphatic heterocycles. The van der Waals surface area contributed by atoms with Crippen molar-refractivity contribution in [2.24, 2.45) is 0 Å². The summed E-state index contributed by atoms with van der Waals surface area (Å²) in [6.07, 6.45) is 2.24. The number of nitrogens with one attached hydrogen (secondary N) is 1. The molecule has 0 aliphatic carbocycles. The Morgan fingerprint density at radius 1 is 1.38 bits per heavy atom. The summed E-state index contributed by atoms with van der Waals surface area (Å²) in [5, 5.41) is 12.4. The largest absolute Gasteiger partial charge is 0.481 e. The zero-order valence-electron chi connectivity index (χ0n) is 16.5. The number of benzene rings is 2. The number of fused-ring (bicyclic) bond motifs is 2. The maximum atomic E-state index is 13.1. The molecular weight excluding hydrogens is 472 g/mol. The number of thiazole rings is 1. The van der Waals surface area contributed by atoms with Crippen molar-refractivity contribution in [2.45, 2.75) is 10.6 Å². The normalized spacial score (nSPS) is 16.6. The minimum Gasteiger partial charge on any atom is -0.481 e. The van der Waals surface area contributed by atoms with E-state index >= 15 is 0 Å². The number of aromatic nitrogens is 1. The van der Waals surface area contributed by atoms with Crippen LogP contribution in [0.1, 0.15) is 10.4 Å². The van der Waals surface area contributed by atoms with Gasteiger partial charge >= 0.3 is 5.97 Å². The van der Waals surface area contributed by atoms with Crippen LogP contribution in [0.5, 0.6) is 5.75 Å². The van der Waals surface area contributed by atoms with Crippen molar-refractivity contribution in [3.63, 3.8) is 0 Å². The minimum absolute atomic E-state index is 0.0449. The summed E-state index contributed by atoms with van der Waals surface area (Å²) in [6.45, 7) is 3.85. The Hall–Kier alpha value is -2.85. The van der Waals surface area contributed by atoms with Crippen LogP contribution in [0.3, 0.4) is 0 Å². The summed E-state index contributed by atoms with van der Waals surface area (Å²) in [5.74, 6) is -0.778. The molecule has 0 bridgehead atoms. The van der Waals surface area contributed by atoms with E-state index in [0.717, 1.165) is 15.9 Å². The molecule has 1 unspecified atom stereocenters. The number of carboxylic acid groups (broad SMARTS) is 1. The van der Waals surface area contributed by atoms with Gasteiger partial charge in [0.1, 0.15) is 5.75 Å². The van der Waals surface area contributed by atoms with E-state index in [2.05, 4.69) is 16.9 Å². The lowest BCUT2D eigenvalue weighted by molar-refractivity contribution is -0.133. The Morgan fingerprint density at radius 2 is 2.22 bits per heavy atom. The number of halogens is 1. The van der Waals surface area contributed by atoms with Crippen LogP contribution in [-0.2, 0) is 9.53 Å². The molecule has 2 N–H and O–H groups in total. The van der Waals surface area contributed by atoms with E-state index in [9.17, 15) is 9.59 Å². The van der Waals surface area contributed by atoms with Crippen molar-refractivity contribution < 1.29 is 24.2 Å². The number of Topliss-reactive ketones (excluding diaryl/α,β-unsaturated/α-hetero) is 1. The van der Waals surface area contributed by atoms with Gasteiger partial charge in [-0.25, -0.2) is 4.98 Å². The number of carbonyl (C=O) groups is 2. The highest BCUT2D eigenvalue weighted by Gasteiger charge is 2.32. The van der Waals surface area contributed by atoms with Gasteiger partial charge in [0.15, 0.2) is 4.34 Å².